The lowest BCUT2D eigenvalue weighted by Gasteiger charge is -2.40. The van der Waals surface area contributed by atoms with Crippen molar-refractivity contribution in [2.75, 3.05) is 20.8 Å². The van der Waals surface area contributed by atoms with Crippen LogP contribution in [0.25, 0.3) is 11.1 Å². The number of carbonyl (C=O) groups excluding carboxylic acids is 2. The molecule has 0 saturated carbocycles. The summed E-state index contributed by atoms with van der Waals surface area (Å²) in [4.78, 5) is 26.4. The van der Waals surface area contributed by atoms with Crippen LogP contribution in [0.15, 0.2) is 12.1 Å². The van der Waals surface area contributed by atoms with E-state index >= 15 is 0 Å². The third kappa shape index (κ3) is 3.76. The summed E-state index contributed by atoms with van der Waals surface area (Å²) in [6.07, 6.45) is -8.89. The van der Waals surface area contributed by atoms with Crippen molar-refractivity contribution in [3.8, 4) is 45.6 Å². The zero-order valence-electron chi connectivity index (χ0n) is 18.7. The fourth-order valence-electron chi connectivity index (χ4n) is 4.15. The molecule has 2 aromatic rings. The van der Waals surface area contributed by atoms with Gasteiger partial charge in [0.05, 0.1) is 32.0 Å². The minimum Gasteiger partial charge on any atom is -0.504 e. The predicted octanol–water partition coefficient (Wildman–Crippen LogP) is -0.672. The van der Waals surface area contributed by atoms with Crippen molar-refractivity contribution in [1.82, 2.24) is 0 Å². The smallest absolute Gasteiger partial charge is 0.341 e. The van der Waals surface area contributed by atoms with Crippen molar-refractivity contribution in [1.29, 1.82) is 0 Å². The Morgan fingerprint density at radius 2 is 1.28 bits per heavy atom. The molecule has 14 heteroatoms. The highest BCUT2D eigenvalue weighted by Crippen LogP contribution is 2.53. The predicted molar refractivity (Wildman–Crippen MR) is 114 cm³/mol. The molecule has 0 spiro atoms. The average Bonchev–Trinajstić information content (AvgIpc) is 2.84. The number of aromatic hydroxyl groups is 4. The summed E-state index contributed by atoms with van der Waals surface area (Å²) >= 11 is 0. The molecule has 0 amide bonds. The molecule has 1 saturated heterocycles. The standard InChI is InChI=1S/C22H22O14/c1-32-17-8(24)3-6-11(14(17)27)12-7(4-9(25)18(33-2)15(12)28)21(31)36-22-16(29)19(35-20(6)30)13(26)10(5-23)34-22/h3-4,10,13,16,19,22-29H,5H2,1-2H3/t10-,13-,16+,19+,22+/m0/s1. The highest BCUT2D eigenvalue weighted by Gasteiger charge is 2.49. The molecule has 2 heterocycles. The van der Waals surface area contributed by atoms with E-state index in [9.17, 15) is 45.3 Å². The fraction of sp³-hybridized carbons (Fsp3) is 0.364. The van der Waals surface area contributed by atoms with Crippen molar-refractivity contribution >= 4 is 11.9 Å². The number of benzene rings is 2. The summed E-state index contributed by atoms with van der Waals surface area (Å²) in [6.45, 7) is -0.819. The van der Waals surface area contributed by atoms with Crippen molar-refractivity contribution < 1.29 is 69.0 Å². The normalized spacial score (nSPS) is 25.5. The summed E-state index contributed by atoms with van der Waals surface area (Å²) in [5.41, 5.74) is -2.48. The van der Waals surface area contributed by atoms with E-state index < -0.39 is 106 Å². The molecule has 194 valence electrons. The van der Waals surface area contributed by atoms with Crippen LogP contribution < -0.4 is 9.47 Å². The number of ether oxygens (including phenoxy) is 5. The van der Waals surface area contributed by atoms with E-state index in [-0.39, 0.29) is 0 Å². The van der Waals surface area contributed by atoms with Crippen LogP contribution in [0.1, 0.15) is 20.7 Å². The van der Waals surface area contributed by atoms with Crippen LogP contribution in [0.3, 0.4) is 0 Å². The van der Waals surface area contributed by atoms with E-state index in [4.69, 9.17) is 23.7 Å². The van der Waals surface area contributed by atoms with Crippen LogP contribution in [0.4, 0.5) is 0 Å². The first-order valence-electron chi connectivity index (χ1n) is 10.4. The van der Waals surface area contributed by atoms with E-state index in [1.165, 1.54) is 0 Å². The van der Waals surface area contributed by atoms with Gasteiger partial charge in [0.25, 0.3) is 0 Å². The molecule has 14 nitrogen and oxygen atoms in total. The van der Waals surface area contributed by atoms with Crippen LogP contribution in [0.2, 0.25) is 0 Å². The number of methoxy groups -OCH3 is 2. The highest BCUT2D eigenvalue weighted by molar-refractivity contribution is 6.08. The maximum absolute atomic E-state index is 13.3. The van der Waals surface area contributed by atoms with Gasteiger partial charge >= 0.3 is 11.9 Å². The Labute approximate surface area is 202 Å². The van der Waals surface area contributed by atoms with E-state index in [2.05, 4.69) is 0 Å². The lowest BCUT2D eigenvalue weighted by Crippen LogP contribution is -2.60. The second kappa shape index (κ2) is 9.23. The van der Waals surface area contributed by atoms with E-state index in [1.807, 2.05) is 0 Å². The Kier molecular flexibility index (Phi) is 6.44. The summed E-state index contributed by atoms with van der Waals surface area (Å²) in [7, 11) is 2.17. The molecular weight excluding hydrogens is 488 g/mol. The third-order valence-electron chi connectivity index (χ3n) is 5.86. The van der Waals surface area contributed by atoms with Crippen LogP contribution in [0.5, 0.6) is 34.5 Å². The van der Waals surface area contributed by atoms with Gasteiger partial charge in [0, 0.05) is 11.1 Å². The minimum absolute atomic E-state index is 0.548. The second-order valence-electron chi connectivity index (χ2n) is 7.88. The van der Waals surface area contributed by atoms with Gasteiger partial charge in [-0.15, -0.1) is 0 Å². The SMILES string of the molecule is COc1c(O)cc2c(c1O)-c1c(cc(O)c(OC)c1O)C(=O)O[C@@H]1[C@@H](O)[C@H](CO)O[C@H](OC2=O)[C@@H]1O. The molecule has 2 aliphatic rings. The summed E-state index contributed by atoms with van der Waals surface area (Å²) < 4.78 is 25.6. The first kappa shape index (κ1) is 25.1. The number of hydrogen-bond donors (Lipinski definition) is 7. The molecule has 0 unspecified atom stereocenters. The van der Waals surface area contributed by atoms with Crippen LogP contribution in [0, 0.1) is 0 Å². The van der Waals surface area contributed by atoms with Crippen molar-refractivity contribution in [3.05, 3.63) is 23.3 Å². The maximum Gasteiger partial charge on any atom is 0.341 e. The topological polar surface area (TPSA) is 222 Å². The lowest BCUT2D eigenvalue weighted by atomic mass is 9.91. The Morgan fingerprint density at radius 3 is 1.72 bits per heavy atom. The van der Waals surface area contributed by atoms with E-state index in [0.717, 1.165) is 26.4 Å². The van der Waals surface area contributed by atoms with Gasteiger partial charge < -0.3 is 59.4 Å². The number of fused-ring (bicyclic) bond motifs is 5. The van der Waals surface area contributed by atoms with Crippen molar-refractivity contribution in [2.45, 2.75) is 30.7 Å². The number of carbonyl (C=O) groups is 2. The van der Waals surface area contributed by atoms with Crippen LogP contribution >= 0.6 is 0 Å². The zero-order chi connectivity index (χ0) is 26.5. The highest BCUT2D eigenvalue weighted by atomic mass is 16.7. The zero-order valence-corrected chi connectivity index (χ0v) is 18.7. The Bertz CT molecular complexity index is 1220. The van der Waals surface area contributed by atoms with E-state index in [0.29, 0.717) is 0 Å². The number of phenolic OH excluding ortho intramolecular Hbond substituents is 4. The maximum atomic E-state index is 13.3. The lowest BCUT2D eigenvalue weighted by molar-refractivity contribution is -0.284. The number of esters is 2. The molecule has 4 rings (SSSR count). The van der Waals surface area contributed by atoms with Gasteiger partial charge in [0.2, 0.25) is 17.8 Å². The van der Waals surface area contributed by atoms with Crippen molar-refractivity contribution in [2.24, 2.45) is 0 Å². The van der Waals surface area contributed by atoms with Crippen LogP contribution in [-0.2, 0) is 14.2 Å². The van der Waals surface area contributed by atoms with Gasteiger partial charge in [-0.2, -0.15) is 0 Å². The molecule has 1 fully saturated rings. The molecule has 0 radical (unpaired) electrons. The molecule has 7 N–H and O–H groups in total. The first-order valence-corrected chi connectivity index (χ1v) is 10.4. The summed E-state index contributed by atoms with van der Waals surface area (Å²) in [5.74, 6) is -7.09. The van der Waals surface area contributed by atoms with Gasteiger partial charge in [0.15, 0.2) is 35.2 Å². The van der Waals surface area contributed by atoms with Crippen molar-refractivity contribution in [3.63, 3.8) is 0 Å². The molecule has 2 aromatic carbocycles. The molecule has 36 heavy (non-hydrogen) atoms. The first-order chi connectivity index (χ1) is 17.0. The fourth-order valence-corrected chi connectivity index (χ4v) is 4.15. The molecule has 2 aliphatic heterocycles. The summed E-state index contributed by atoms with van der Waals surface area (Å²) in [6, 6.07) is 1.59. The molecule has 0 aromatic heterocycles. The van der Waals surface area contributed by atoms with Gasteiger partial charge in [-0.25, -0.2) is 9.59 Å². The Hall–Kier alpha value is -3.98. The monoisotopic (exact) mass is 510 g/mol. The number of rotatable bonds is 3. The summed E-state index contributed by atoms with van der Waals surface area (Å²) in [5, 5.41) is 73.1. The quantitative estimate of drug-likeness (QED) is 0.255. The number of aliphatic hydroxyl groups is 3. The second-order valence-corrected chi connectivity index (χ2v) is 7.88. The molecular formula is C22H22O14. The van der Waals surface area contributed by atoms with Crippen LogP contribution in [-0.4, -0.2) is 99.2 Å². The van der Waals surface area contributed by atoms with Gasteiger partial charge in [-0.3, -0.25) is 0 Å². The number of aliphatic hydroxyl groups excluding tert-OH is 3. The van der Waals surface area contributed by atoms with Gasteiger partial charge in [-0.1, -0.05) is 0 Å². The van der Waals surface area contributed by atoms with Gasteiger partial charge in [0.1, 0.15) is 12.2 Å². The largest absolute Gasteiger partial charge is 0.504 e. The average molecular weight is 510 g/mol. The van der Waals surface area contributed by atoms with Gasteiger partial charge in [-0.05, 0) is 12.1 Å². The molecule has 5 atom stereocenters. The Morgan fingerprint density at radius 1 is 0.806 bits per heavy atom. The number of hydrogen-bond acceptors (Lipinski definition) is 14. The minimum atomic E-state index is -1.96. The number of phenols is 4. The third-order valence-corrected chi connectivity index (χ3v) is 5.86. The molecule has 0 aliphatic carbocycles. The molecule has 2 bridgehead atoms. The Balaban J connectivity index is 2.09. The van der Waals surface area contributed by atoms with E-state index in [1.54, 1.807) is 0 Å².